The lowest BCUT2D eigenvalue weighted by Crippen LogP contribution is -2.54. The molecule has 1 unspecified atom stereocenters. The molecule has 1 N–H and O–H groups in total. The molecule has 1 aliphatic rings. The third-order valence-electron chi connectivity index (χ3n) is 4.80. The van der Waals surface area contributed by atoms with Gasteiger partial charge in [0, 0.05) is 12.0 Å². The van der Waals surface area contributed by atoms with Crippen molar-refractivity contribution in [3.05, 3.63) is 35.6 Å². The predicted molar refractivity (Wildman–Crippen MR) is 80.2 cm³/mol. The zero-order chi connectivity index (χ0) is 14.6. The molecule has 1 aromatic rings. The van der Waals surface area contributed by atoms with Gasteiger partial charge in [0.15, 0.2) is 0 Å². The first-order valence-corrected chi connectivity index (χ1v) is 7.64. The Morgan fingerprint density at radius 3 is 2.40 bits per heavy atom. The molecular weight excluding hydrogens is 253 g/mol. The van der Waals surface area contributed by atoms with Gasteiger partial charge >= 0.3 is 0 Å². The van der Waals surface area contributed by atoms with Crippen molar-refractivity contribution in [2.45, 2.75) is 56.6 Å². The van der Waals surface area contributed by atoms with Crippen LogP contribution in [0.1, 0.15) is 44.1 Å². The van der Waals surface area contributed by atoms with Gasteiger partial charge in [0.1, 0.15) is 5.82 Å². The molecule has 0 saturated heterocycles. The second-order valence-electron chi connectivity index (χ2n) is 6.26. The van der Waals surface area contributed by atoms with E-state index in [-0.39, 0.29) is 11.4 Å². The number of aliphatic hydroxyl groups excluding tert-OH is 1. The summed E-state index contributed by atoms with van der Waals surface area (Å²) in [5.74, 6) is -0.227. The summed E-state index contributed by atoms with van der Waals surface area (Å²) < 4.78 is 13.3. The normalized spacial score (nSPS) is 20.6. The maximum absolute atomic E-state index is 13.3. The highest BCUT2D eigenvalue weighted by molar-refractivity contribution is 5.18. The standard InChI is InChI=1S/C17H26FNO/c1-19(2)17(10-5-3-4-6-11-17)16(20)13-14-8-7-9-15(18)12-14/h7-9,12,16,20H,3-6,10-11,13H2,1-2H3. The fourth-order valence-electron chi connectivity index (χ4n) is 3.50. The van der Waals surface area contributed by atoms with Crippen LogP contribution in [-0.2, 0) is 6.42 Å². The zero-order valence-electron chi connectivity index (χ0n) is 12.6. The van der Waals surface area contributed by atoms with Crippen LogP contribution in [0.15, 0.2) is 24.3 Å². The van der Waals surface area contributed by atoms with Crippen LogP contribution < -0.4 is 0 Å². The van der Waals surface area contributed by atoms with Crippen molar-refractivity contribution in [3.63, 3.8) is 0 Å². The average Bonchev–Trinajstić information content (AvgIpc) is 2.65. The molecule has 2 nitrogen and oxygen atoms in total. The van der Waals surface area contributed by atoms with E-state index < -0.39 is 6.10 Å². The van der Waals surface area contributed by atoms with Gasteiger partial charge in [-0.05, 0) is 44.6 Å². The first-order chi connectivity index (χ1) is 9.54. The molecule has 0 aromatic heterocycles. The molecule has 1 saturated carbocycles. The van der Waals surface area contributed by atoms with Gasteiger partial charge in [-0.2, -0.15) is 0 Å². The second kappa shape index (κ2) is 6.68. The molecule has 20 heavy (non-hydrogen) atoms. The van der Waals surface area contributed by atoms with Gasteiger partial charge in [0.25, 0.3) is 0 Å². The average molecular weight is 279 g/mol. The minimum absolute atomic E-state index is 0.164. The minimum atomic E-state index is -0.447. The summed E-state index contributed by atoms with van der Waals surface area (Å²) in [5.41, 5.74) is 0.714. The van der Waals surface area contributed by atoms with E-state index in [1.165, 1.54) is 37.8 Å². The summed E-state index contributed by atoms with van der Waals surface area (Å²) in [7, 11) is 4.11. The van der Waals surface area contributed by atoms with Crippen LogP contribution in [0.3, 0.4) is 0 Å². The molecule has 0 amide bonds. The fourth-order valence-corrected chi connectivity index (χ4v) is 3.50. The lowest BCUT2D eigenvalue weighted by atomic mass is 9.80. The maximum Gasteiger partial charge on any atom is 0.123 e. The largest absolute Gasteiger partial charge is 0.391 e. The molecular formula is C17H26FNO. The highest BCUT2D eigenvalue weighted by atomic mass is 19.1. The van der Waals surface area contributed by atoms with Crippen molar-refractivity contribution in [2.75, 3.05) is 14.1 Å². The smallest absolute Gasteiger partial charge is 0.123 e. The number of halogens is 1. The summed E-state index contributed by atoms with van der Waals surface area (Å²) in [6, 6.07) is 6.59. The van der Waals surface area contributed by atoms with Gasteiger partial charge in [0.05, 0.1) is 6.10 Å². The van der Waals surface area contributed by atoms with Crippen LogP contribution in [-0.4, -0.2) is 35.7 Å². The molecule has 3 heteroatoms. The number of aliphatic hydroxyl groups is 1. The molecule has 112 valence electrons. The second-order valence-corrected chi connectivity index (χ2v) is 6.26. The number of hydrogen-bond donors (Lipinski definition) is 1. The van der Waals surface area contributed by atoms with Gasteiger partial charge in [-0.3, -0.25) is 0 Å². The Labute approximate surface area is 121 Å². The van der Waals surface area contributed by atoms with Gasteiger partial charge in [-0.1, -0.05) is 37.8 Å². The van der Waals surface area contributed by atoms with E-state index in [1.54, 1.807) is 6.07 Å². The summed E-state index contributed by atoms with van der Waals surface area (Å²) in [6.45, 7) is 0. The van der Waals surface area contributed by atoms with E-state index in [0.29, 0.717) is 6.42 Å². The van der Waals surface area contributed by atoms with Gasteiger partial charge in [0.2, 0.25) is 0 Å². The van der Waals surface area contributed by atoms with E-state index in [0.717, 1.165) is 18.4 Å². The number of benzene rings is 1. The molecule has 1 fully saturated rings. The van der Waals surface area contributed by atoms with E-state index in [9.17, 15) is 9.50 Å². The van der Waals surface area contributed by atoms with Gasteiger partial charge < -0.3 is 10.0 Å². The number of likely N-dealkylation sites (N-methyl/N-ethyl adjacent to an activating group) is 1. The van der Waals surface area contributed by atoms with Crippen LogP contribution in [0.5, 0.6) is 0 Å². The minimum Gasteiger partial charge on any atom is -0.391 e. The lowest BCUT2D eigenvalue weighted by Gasteiger charge is -2.43. The Kier molecular flexibility index (Phi) is 5.17. The van der Waals surface area contributed by atoms with Crippen LogP contribution in [0.2, 0.25) is 0 Å². The van der Waals surface area contributed by atoms with Crippen LogP contribution in [0, 0.1) is 5.82 Å². The van der Waals surface area contributed by atoms with Crippen molar-refractivity contribution in [1.82, 2.24) is 4.90 Å². The van der Waals surface area contributed by atoms with Crippen LogP contribution >= 0.6 is 0 Å². The maximum atomic E-state index is 13.3. The molecule has 0 aliphatic heterocycles. The summed E-state index contributed by atoms with van der Waals surface area (Å²) in [4.78, 5) is 2.18. The molecule has 0 heterocycles. The molecule has 1 atom stereocenters. The van der Waals surface area contributed by atoms with Crippen LogP contribution in [0.4, 0.5) is 4.39 Å². The Balaban J connectivity index is 2.16. The monoisotopic (exact) mass is 279 g/mol. The first kappa shape index (κ1) is 15.5. The zero-order valence-corrected chi connectivity index (χ0v) is 12.6. The molecule has 0 bridgehead atoms. The molecule has 0 radical (unpaired) electrons. The third kappa shape index (κ3) is 3.39. The Bertz CT molecular complexity index is 425. The Morgan fingerprint density at radius 2 is 1.85 bits per heavy atom. The SMILES string of the molecule is CN(C)C1(C(O)Cc2cccc(F)c2)CCCCCC1. The van der Waals surface area contributed by atoms with Crippen molar-refractivity contribution in [3.8, 4) is 0 Å². The summed E-state index contributed by atoms with van der Waals surface area (Å²) in [6.07, 6.45) is 6.96. The molecule has 2 rings (SSSR count). The number of hydrogen-bond acceptors (Lipinski definition) is 2. The lowest BCUT2D eigenvalue weighted by molar-refractivity contribution is -0.0174. The highest BCUT2D eigenvalue weighted by Crippen LogP contribution is 2.35. The van der Waals surface area contributed by atoms with Crippen LogP contribution in [0.25, 0.3) is 0 Å². The number of nitrogens with zero attached hydrogens (tertiary/aromatic N) is 1. The van der Waals surface area contributed by atoms with Gasteiger partial charge in [-0.25, -0.2) is 4.39 Å². The number of rotatable bonds is 4. The third-order valence-corrected chi connectivity index (χ3v) is 4.80. The van der Waals surface area contributed by atoms with E-state index in [1.807, 2.05) is 6.07 Å². The molecule has 1 aromatic carbocycles. The highest BCUT2D eigenvalue weighted by Gasteiger charge is 2.39. The Hall–Kier alpha value is -0.930. The quantitative estimate of drug-likeness (QED) is 0.854. The van der Waals surface area contributed by atoms with Crippen molar-refractivity contribution >= 4 is 0 Å². The van der Waals surface area contributed by atoms with Crippen molar-refractivity contribution in [1.29, 1.82) is 0 Å². The first-order valence-electron chi connectivity index (χ1n) is 7.64. The molecule has 0 spiro atoms. The summed E-state index contributed by atoms with van der Waals surface area (Å²) >= 11 is 0. The van der Waals surface area contributed by atoms with Crippen molar-refractivity contribution in [2.24, 2.45) is 0 Å². The van der Waals surface area contributed by atoms with E-state index in [4.69, 9.17) is 0 Å². The Morgan fingerprint density at radius 1 is 1.20 bits per heavy atom. The van der Waals surface area contributed by atoms with E-state index >= 15 is 0 Å². The topological polar surface area (TPSA) is 23.5 Å². The molecule has 1 aliphatic carbocycles. The van der Waals surface area contributed by atoms with Gasteiger partial charge in [-0.15, -0.1) is 0 Å². The predicted octanol–water partition coefficient (Wildman–Crippen LogP) is 3.38. The summed E-state index contributed by atoms with van der Waals surface area (Å²) in [5, 5.41) is 10.8. The van der Waals surface area contributed by atoms with E-state index in [2.05, 4.69) is 19.0 Å². The van der Waals surface area contributed by atoms with Crippen molar-refractivity contribution < 1.29 is 9.50 Å². The fraction of sp³-hybridized carbons (Fsp3) is 0.647.